The van der Waals surface area contributed by atoms with Crippen LogP contribution in [0.5, 0.6) is 0 Å². The van der Waals surface area contributed by atoms with Crippen LogP contribution < -0.4 is 5.32 Å². The fraction of sp³-hybridized carbons (Fsp3) is 0.294. The number of hydrogen-bond donors (Lipinski definition) is 1. The summed E-state index contributed by atoms with van der Waals surface area (Å²) in [6.07, 6.45) is 0.593. The number of anilines is 1. The summed E-state index contributed by atoms with van der Waals surface area (Å²) in [7, 11) is -2.96. The molecular formula is C17H16N4O2S. The van der Waals surface area contributed by atoms with Crippen LogP contribution >= 0.6 is 0 Å². The Morgan fingerprint density at radius 1 is 1.38 bits per heavy atom. The van der Waals surface area contributed by atoms with Crippen molar-refractivity contribution in [3.8, 4) is 6.07 Å². The number of fused-ring (bicyclic) bond motifs is 3. The fourth-order valence-corrected chi connectivity index (χ4v) is 4.99. The van der Waals surface area contributed by atoms with Gasteiger partial charge in [-0.1, -0.05) is 12.1 Å². The predicted molar refractivity (Wildman–Crippen MR) is 92.8 cm³/mol. The van der Waals surface area contributed by atoms with Gasteiger partial charge in [0.1, 0.15) is 11.9 Å². The number of nitriles is 1. The maximum Gasteiger partial charge on any atom is 0.157 e. The molecule has 0 radical (unpaired) electrons. The molecule has 1 aromatic carbocycles. The molecule has 1 aliphatic rings. The third kappa shape index (κ3) is 2.31. The van der Waals surface area contributed by atoms with Crippen LogP contribution in [0.2, 0.25) is 0 Å². The van der Waals surface area contributed by atoms with E-state index in [1.807, 2.05) is 41.7 Å². The molecule has 0 aliphatic carbocycles. The first-order chi connectivity index (χ1) is 11.5. The van der Waals surface area contributed by atoms with E-state index >= 15 is 0 Å². The smallest absolute Gasteiger partial charge is 0.157 e. The number of pyridine rings is 1. The molecule has 4 rings (SSSR count). The lowest BCUT2D eigenvalue weighted by atomic mass is 10.1. The number of aryl methyl sites for hydroxylation is 1. The molecule has 1 fully saturated rings. The van der Waals surface area contributed by atoms with Crippen LogP contribution in [0.15, 0.2) is 30.3 Å². The fourth-order valence-electron chi connectivity index (χ4n) is 3.32. The van der Waals surface area contributed by atoms with Crippen molar-refractivity contribution in [2.75, 3.05) is 16.8 Å². The lowest BCUT2D eigenvalue weighted by Crippen LogP contribution is -2.22. The molecule has 1 aliphatic heterocycles. The number of aromatic nitrogens is 2. The van der Waals surface area contributed by atoms with Gasteiger partial charge < -0.3 is 5.32 Å². The van der Waals surface area contributed by atoms with Gasteiger partial charge in [-0.15, -0.1) is 0 Å². The molecule has 0 spiro atoms. The minimum atomic E-state index is -2.96. The number of rotatable bonds is 2. The van der Waals surface area contributed by atoms with Crippen molar-refractivity contribution in [3.05, 3.63) is 41.5 Å². The zero-order chi connectivity index (χ0) is 16.9. The number of hydrogen-bond acceptors (Lipinski definition) is 5. The van der Waals surface area contributed by atoms with Gasteiger partial charge in [0.2, 0.25) is 0 Å². The summed E-state index contributed by atoms with van der Waals surface area (Å²) in [6.45, 7) is 1.87. The highest BCUT2D eigenvalue weighted by Gasteiger charge is 2.28. The molecule has 7 heteroatoms. The Morgan fingerprint density at radius 3 is 2.88 bits per heavy atom. The molecule has 3 aromatic rings. The molecule has 0 amide bonds. The van der Waals surface area contributed by atoms with Crippen LogP contribution in [-0.2, 0) is 9.84 Å². The lowest BCUT2D eigenvalue weighted by molar-refractivity contribution is 0.602. The molecule has 122 valence electrons. The van der Waals surface area contributed by atoms with E-state index in [0.717, 1.165) is 22.4 Å². The summed E-state index contributed by atoms with van der Waals surface area (Å²) >= 11 is 0. The number of sulfone groups is 1. The number of nitrogens with zero attached hydrogens (tertiary/aromatic N) is 3. The van der Waals surface area contributed by atoms with Crippen LogP contribution in [0.3, 0.4) is 0 Å². The Kier molecular flexibility index (Phi) is 3.25. The largest absolute Gasteiger partial charge is 0.367 e. The van der Waals surface area contributed by atoms with Crippen molar-refractivity contribution in [1.82, 2.24) is 9.38 Å². The molecule has 3 heterocycles. The Hall–Kier alpha value is -2.59. The SMILES string of the molecule is Cc1cc(N[C@H]2CCS(=O)(=O)C2)n2c(nc3ccccc32)c1C#N. The van der Waals surface area contributed by atoms with Crippen LogP contribution in [0, 0.1) is 18.3 Å². The molecule has 24 heavy (non-hydrogen) atoms. The Balaban J connectivity index is 1.93. The molecule has 1 N–H and O–H groups in total. The third-order valence-electron chi connectivity index (χ3n) is 4.47. The standard InChI is InChI=1S/C17H16N4O2S/c1-11-8-16(19-12-6-7-24(22,23)10-12)21-15-5-3-2-4-14(15)20-17(21)13(11)9-18/h2-5,8,12,19H,6-7,10H2,1H3/t12-/m0/s1. The third-order valence-corrected chi connectivity index (χ3v) is 6.24. The van der Waals surface area contributed by atoms with Gasteiger partial charge >= 0.3 is 0 Å². The van der Waals surface area contributed by atoms with Crippen molar-refractivity contribution in [1.29, 1.82) is 5.26 Å². The van der Waals surface area contributed by atoms with Gasteiger partial charge in [0.15, 0.2) is 15.5 Å². The summed E-state index contributed by atoms with van der Waals surface area (Å²) in [5, 5.41) is 12.8. The highest BCUT2D eigenvalue weighted by molar-refractivity contribution is 7.91. The van der Waals surface area contributed by atoms with Gasteiger partial charge in [-0.05, 0) is 37.1 Å². The molecule has 1 atom stereocenters. The van der Waals surface area contributed by atoms with E-state index in [1.54, 1.807) is 0 Å². The molecular weight excluding hydrogens is 324 g/mol. The quantitative estimate of drug-likeness (QED) is 0.773. The van der Waals surface area contributed by atoms with E-state index < -0.39 is 9.84 Å². The first-order valence-electron chi connectivity index (χ1n) is 7.76. The van der Waals surface area contributed by atoms with Crippen LogP contribution in [0.25, 0.3) is 16.7 Å². The van der Waals surface area contributed by atoms with Crippen LogP contribution in [0.1, 0.15) is 17.5 Å². The van der Waals surface area contributed by atoms with Crippen molar-refractivity contribution < 1.29 is 8.42 Å². The van der Waals surface area contributed by atoms with Gasteiger partial charge in [-0.25, -0.2) is 13.4 Å². The predicted octanol–water partition coefficient (Wildman–Crippen LogP) is 2.27. The minimum Gasteiger partial charge on any atom is -0.367 e. The van der Waals surface area contributed by atoms with Crippen molar-refractivity contribution in [2.45, 2.75) is 19.4 Å². The van der Waals surface area contributed by atoms with Crippen LogP contribution in [0.4, 0.5) is 5.82 Å². The van der Waals surface area contributed by atoms with E-state index in [9.17, 15) is 13.7 Å². The van der Waals surface area contributed by atoms with Gasteiger partial charge in [0.05, 0.1) is 28.1 Å². The second-order valence-corrected chi connectivity index (χ2v) is 8.43. The molecule has 2 aromatic heterocycles. The molecule has 1 saturated heterocycles. The lowest BCUT2D eigenvalue weighted by Gasteiger charge is -2.16. The van der Waals surface area contributed by atoms with E-state index in [2.05, 4.69) is 16.4 Å². The number of para-hydroxylation sites is 2. The van der Waals surface area contributed by atoms with Gasteiger partial charge in [-0.3, -0.25) is 4.40 Å². The van der Waals surface area contributed by atoms with Crippen molar-refractivity contribution in [3.63, 3.8) is 0 Å². The Labute approximate surface area is 139 Å². The molecule has 0 unspecified atom stereocenters. The van der Waals surface area contributed by atoms with E-state index in [0.29, 0.717) is 17.6 Å². The monoisotopic (exact) mass is 340 g/mol. The van der Waals surface area contributed by atoms with Gasteiger partial charge in [0, 0.05) is 6.04 Å². The Bertz CT molecular complexity index is 1110. The summed E-state index contributed by atoms with van der Waals surface area (Å²) in [5.74, 6) is 1.13. The van der Waals surface area contributed by atoms with E-state index in [1.165, 1.54) is 0 Å². The first kappa shape index (κ1) is 15.0. The minimum absolute atomic E-state index is 0.119. The zero-order valence-corrected chi connectivity index (χ0v) is 14.0. The van der Waals surface area contributed by atoms with Crippen LogP contribution in [-0.4, -0.2) is 35.4 Å². The van der Waals surface area contributed by atoms with Gasteiger partial charge in [-0.2, -0.15) is 5.26 Å². The van der Waals surface area contributed by atoms with Crippen molar-refractivity contribution in [2.24, 2.45) is 0 Å². The topological polar surface area (TPSA) is 87.3 Å². The highest BCUT2D eigenvalue weighted by atomic mass is 32.2. The molecule has 6 nitrogen and oxygen atoms in total. The zero-order valence-electron chi connectivity index (χ0n) is 13.2. The maximum absolute atomic E-state index is 11.7. The average Bonchev–Trinajstić information content (AvgIpc) is 3.07. The van der Waals surface area contributed by atoms with Crippen molar-refractivity contribution >= 4 is 32.3 Å². The maximum atomic E-state index is 11.7. The highest BCUT2D eigenvalue weighted by Crippen LogP contribution is 2.28. The first-order valence-corrected chi connectivity index (χ1v) is 9.58. The van der Waals surface area contributed by atoms with Gasteiger partial charge in [0.25, 0.3) is 0 Å². The molecule has 0 bridgehead atoms. The molecule has 0 saturated carbocycles. The summed E-state index contributed by atoms with van der Waals surface area (Å²) < 4.78 is 25.4. The summed E-state index contributed by atoms with van der Waals surface area (Å²) in [5.41, 5.74) is 3.66. The summed E-state index contributed by atoms with van der Waals surface area (Å²) in [6, 6.07) is 11.7. The average molecular weight is 340 g/mol. The second kappa shape index (κ2) is 5.21. The normalized spacial score (nSPS) is 19.6. The summed E-state index contributed by atoms with van der Waals surface area (Å²) in [4.78, 5) is 4.59. The number of imidazole rings is 1. The Morgan fingerprint density at radius 2 is 2.17 bits per heavy atom. The van der Waals surface area contributed by atoms with E-state index in [4.69, 9.17) is 0 Å². The number of benzene rings is 1. The second-order valence-electron chi connectivity index (χ2n) is 6.20. The van der Waals surface area contributed by atoms with E-state index in [-0.39, 0.29) is 17.5 Å². The number of nitrogens with one attached hydrogen (secondary N) is 1.